The first kappa shape index (κ1) is 17.2. The number of allylic oxidation sites excluding steroid dienone is 1. The molecule has 0 spiro atoms. The van der Waals surface area contributed by atoms with Gasteiger partial charge in [0, 0.05) is 23.4 Å². The zero-order valence-corrected chi connectivity index (χ0v) is 14.9. The highest BCUT2D eigenvalue weighted by molar-refractivity contribution is 6.17. The molecule has 1 saturated heterocycles. The molecule has 0 radical (unpaired) electrons. The largest absolute Gasteiger partial charge is 0.322 e. The van der Waals surface area contributed by atoms with Crippen LogP contribution in [0.25, 0.3) is 0 Å². The van der Waals surface area contributed by atoms with E-state index in [1.165, 1.54) is 5.56 Å². The molecule has 5 nitrogen and oxygen atoms in total. The molecule has 0 aliphatic carbocycles. The molecule has 4 rings (SSSR count). The van der Waals surface area contributed by atoms with Gasteiger partial charge in [-0.05, 0) is 54.8 Å². The smallest absolute Gasteiger partial charge is 0.253 e. The van der Waals surface area contributed by atoms with Crippen LogP contribution in [0.4, 0.5) is 5.69 Å². The number of carbonyl (C=O) groups is 1. The molecule has 2 aromatic rings. The molecule has 2 heterocycles. The lowest BCUT2D eigenvalue weighted by atomic mass is 9.98. The van der Waals surface area contributed by atoms with Gasteiger partial charge in [-0.25, -0.2) is 0 Å². The van der Waals surface area contributed by atoms with Crippen molar-refractivity contribution in [2.24, 2.45) is 4.99 Å². The van der Waals surface area contributed by atoms with Gasteiger partial charge >= 0.3 is 0 Å². The topological polar surface area (TPSA) is 77.3 Å². The van der Waals surface area contributed by atoms with E-state index in [-0.39, 0.29) is 5.91 Å². The summed E-state index contributed by atoms with van der Waals surface area (Å²) in [6, 6.07) is 17.5. The van der Waals surface area contributed by atoms with Crippen molar-refractivity contribution < 1.29 is 4.79 Å². The molecule has 1 amide bonds. The average molecular weight is 356 g/mol. The van der Waals surface area contributed by atoms with Crippen molar-refractivity contribution in [2.45, 2.75) is 12.3 Å². The molecule has 2 aliphatic rings. The molecule has 1 fully saturated rings. The van der Waals surface area contributed by atoms with E-state index >= 15 is 0 Å². The molecule has 2 aromatic carbocycles. The van der Waals surface area contributed by atoms with Crippen molar-refractivity contribution >= 4 is 17.3 Å². The summed E-state index contributed by atoms with van der Waals surface area (Å²) in [7, 11) is 0. The van der Waals surface area contributed by atoms with E-state index < -0.39 is 0 Å². The first-order valence-electron chi connectivity index (χ1n) is 9.10. The maximum absolute atomic E-state index is 12.5. The minimum Gasteiger partial charge on any atom is -0.322 e. The number of nitrogens with zero attached hydrogens (tertiary/aromatic N) is 2. The molecule has 2 N–H and O–H groups in total. The zero-order valence-electron chi connectivity index (χ0n) is 14.9. The zero-order chi connectivity index (χ0) is 18.6. The van der Waals surface area contributed by atoms with E-state index in [9.17, 15) is 4.79 Å². The quantitative estimate of drug-likeness (QED) is 0.884. The second-order valence-electron chi connectivity index (χ2n) is 6.83. The lowest BCUT2D eigenvalue weighted by Gasteiger charge is -2.10. The number of carbonyl (C=O) groups excluding carboxylic acids is 1. The number of benzene rings is 2. The normalized spacial score (nSPS) is 18.6. The molecule has 1 atom stereocenters. The van der Waals surface area contributed by atoms with E-state index in [4.69, 9.17) is 5.26 Å². The van der Waals surface area contributed by atoms with Gasteiger partial charge in [-0.3, -0.25) is 9.79 Å². The van der Waals surface area contributed by atoms with Crippen LogP contribution in [0.5, 0.6) is 0 Å². The second-order valence-corrected chi connectivity index (χ2v) is 6.83. The van der Waals surface area contributed by atoms with Gasteiger partial charge in [0.1, 0.15) is 0 Å². The Balaban J connectivity index is 1.42. The summed E-state index contributed by atoms with van der Waals surface area (Å²) < 4.78 is 0. The van der Waals surface area contributed by atoms with Crippen molar-refractivity contribution in [1.29, 1.82) is 5.26 Å². The van der Waals surface area contributed by atoms with Crippen LogP contribution in [0, 0.1) is 11.3 Å². The second kappa shape index (κ2) is 7.56. The van der Waals surface area contributed by atoms with Gasteiger partial charge in [0.25, 0.3) is 5.91 Å². The molecule has 0 aromatic heterocycles. The molecular formula is C22H20N4O. The van der Waals surface area contributed by atoms with Crippen LogP contribution in [0.15, 0.2) is 65.2 Å². The number of aliphatic imine (C=N–C) groups is 1. The van der Waals surface area contributed by atoms with Crippen molar-refractivity contribution in [3.8, 4) is 6.07 Å². The van der Waals surface area contributed by atoms with Crippen LogP contribution in [0.2, 0.25) is 0 Å². The minimum absolute atomic E-state index is 0.138. The SMILES string of the molecule is N#Cc1cccc(C2=NCC(C(=O)Nc3ccc(C4CCNC4)cc3)=C2)c1. The summed E-state index contributed by atoms with van der Waals surface area (Å²) in [6.45, 7) is 2.44. The highest BCUT2D eigenvalue weighted by Gasteiger charge is 2.18. The van der Waals surface area contributed by atoms with Crippen molar-refractivity contribution in [3.05, 3.63) is 76.9 Å². The predicted molar refractivity (Wildman–Crippen MR) is 106 cm³/mol. The third kappa shape index (κ3) is 3.81. The minimum atomic E-state index is -0.138. The number of nitrogens with one attached hydrogen (secondary N) is 2. The lowest BCUT2D eigenvalue weighted by Crippen LogP contribution is -2.15. The Bertz CT molecular complexity index is 961. The van der Waals surface area contributed by atoms with Gasteiger partial charge < -0.3 is 10.6 Å². The van der Waals surface area contributed by atoms with Crippen LogP contribution < -0.4 is 10.6 Å². The van der Waals surface area contributed by atoms with Gasteiger partial charge in [0.05, 0.1) is 23.9 Å². The summed E-state index contributed by atoms with van der Waals surface area (Å²) >= 11 is 0. The van der Waals surface area contributed by atoms with Crippen LogP contribution in [0.3, 0.4) is 0 Å². The van der Waals surface area contributed by atoms with E-state index in [1.54, 1.807) is 18.2 Å². The van der Waals surface area contributed by atoms with Gasteiger partial charge in [-0.1, -0.05) is 24.3 Å². The maximum Gasteiger partial charge on any atom is 0.253 e. The first-order chi connectivity index (χ1) is 13.2. The number of rotatable bonds is 4. The van der Waals surface area contributed by atoms with E-state index in [1.807, 2.05) is 24.3 Å². The van der Waals surface area contributed by atoms with Gasteiger partial charge in [0.2, 0.25) is 0 Å². The van der Waals surface area contributed by atoms with Gasteiger partial charge in [-0.2, -0.15) is 5.26 Å². The molecule has 1 unspecified atom stereocenters. The Morgan fingerprint density at radius 1 is 1.22 bits per heavy atom. The van der Waals surface area contributed by atoms with Gasteiger partial charge in [-0.15, -0.1) is 0 Å². The summed E-state index contributed by atoms with van der Waals surface area (Å²) in [5, 5.41) is 15.3. The number of anilines is 1. The molecule has 27 heavy (non-hydrogen) atoms. The third-order valence-electron chi connectivity index (χ3n) is 5.01. The average Bonchev–Trinajstić information content (AvgIpc) is 3.41. The maximum atomic E-state index is 12.5. The first-order valence-corrected chi connectivity index (χ1v) is 9.10. The molecule has 5 heteroatoms. The summed E-state index contributed by atoms with van der Waals surface area (Å²) in [5.74, 6) is 0.424. The van der Waals surface area contributed by atoms with E-state index in [0.717, 1.165) is 36.5 Å². The van der Waals surface area contributed by atoms with Crippen LogP contribution in [-0.2, 0) is 4.79 Å². The van der Waals surface area contributed by atoms with E-state index in [0.29, 0.717) is 23.6 Å². The van der Waals surface area contributed by atoms with Crippen molar-refractivity contribution in [1.82, 2.24) is 5.32 Å². The number of amides is 1. The lowest BCUT2D eigenvalue weighted by molar-refractivity contribution is -0.112. The molecule has 134 valence electrons. The van der Waals surface area contributed by atoms with Crippen LogP contribution in [0.1, 0.15) is 29.0 Å². The summed E-state index contributed by atoms with van der Waals surface area (Å²) in [5.41, 5.74) is 4.89. The molecule has 0 saturated carbocycles. The Morgan fingerprint density at radius 2 is 2.07 bits per heavy atom. The fourth-order valence-electron chi connectivity index (χ4n) is 3.48. The summed E-state index contributed by atoms with van der Waals surface area (Å²) in [6.07, 6.45) is 2.95. The van der Waals surface area contributed by atoms with Gasteiger partial charge in [0.15, 0.2) is 0 Å². The fraction of sp³-hybridized carbons (Fsp3) is 0.227. The fourth-order valence-corrected chi connectivity index (χ4v) is 3.48. The Morgan fingerprint density at radius 3 is 2.81 bits per heavy atom. The Labute approximate surface area is 158 Å². The highest BCUT2D eigenvalue weighted by Crippen LogP contribution is 2.24. The molecular weight excluding hydrogens is 336 g/mol. The van der Waals surface area contributed by atoms with Crippen LogP contribution in [-0.4, -0.2) is 31.3 Å². The van der Waals surface area contributed by atoms with Crippen LogP contribution >= 0.6 is 0 Å². The monoisotopic (exact) mass is 356 g/mol. The number of hydrogen-bond donors (Lipinski definition) is 2. The van der Waals surface area contributed by atoms with Crippen molar-refractivity contribution in [3.63, 3.8) is 0 Å². The molecule has 2 aliphatic heterocycles. The molecule has 0 bridgehead atoms. The number of nitriles is 1. The predicted octanol–water partition coefficient (Wildman–Crippen LogP) is 3.00. The van der Waals surface area contributed by atoms with Crippen molar-refractivity contribution in [2.75, 3.05) is 25.0 Å². The van der Waals surface area contributed by atoms with E-state index in [2.05, 4.69) is 33.8 Å². The standard InChI is InChI=1S/C22H20N4O/c23-12-15-2-1-3-17(10-15)21-11-19(14-25-21)22(27)26-20-6-4-16(5-7-20)18-8-9-24-13-18/h1-7,10-11,18,24H,8-9,13-14H2,(H,26,27). The number of hydrogen-bond acceptors (Lipinski definition) is 4. The Hall–Kier alpha value is -3.23. The highest BCUT2D eigenvalue weighted by atomic mass is 16.1. The Kier molecular flexibility index (Phi) is 4.82. The summed E-state index contributed by atoms with van der Waals surface area (Å²) in [4.78, 5) is 17.0. The third-order valence-corrected chi connectivity index (χ3v) is 5.01.